The summed E-state index contributed by atoms with van der Waals surface area (Å²) in [6.07, 6.45) is 2.48. The number of hydrogen-bond donors (Lipinski definition) is 1. The molecule has 1 N–H and O–H groups in total. The number of amides is 1. The Bertz CT molecular complexity index is 626. The fourth-order valence-corrected chi connectivity index (χ4v) is 4.51. The third-order valence-electron chi connectivity index (χ3n) is 4.45. The van der Waals surface area contributed by atoms with Gasteiger partial charge >= 0.3 is 0 Å². The summed E-state index contributed by atoms with van der Waals surface area (Å²) < 4.78 is 26.0. The predicted molar refractivity (Wildman–Crippen MR) is 100 cm³/mol. The smallest absolute Gasteiger partial charge is 0.251 e. The maximum absolute atomic E-state index is 12.2. The van der Waals surface area contributed by atoms with Crippen molar-refractivity contribution in [2.45, 2.75) is 26.2 Å². The third kappa shape index (κ3) is 6.41. The van der Waals surface area contributed by atoms with Crippen molar-refractivity contribution in [3.05, 3.63) is 35.9 Å². The van der Waals surface area contributed by atoms with Gasteiger partial charge in [-0.1, -0.05) is 31.5 Å². The van der Waals surface area contributed by atoms with Crippen molar-refractivity contribution in [1.82, 2.24) is 14.5 Å². The van der Waals surface area contributed by atoms with Gasteiger partial charge in [-0.05, 0) is 31.5 Å². The van der Waals surface area contributed by atoms with Gasteiger partial charge in [-0.3, -0.25) is 4.79 Å². The summed E-state index contributed by atoms with van der Waals surface area (Å²) in [5, 5.41) is 2.92. The van der Waals surface area contributed by atoms with Gasteiger partial charge in [0.25, 0.3) is 5.91 Å². The first kappa shape index (κ1) is 19.9. The van der Waals surface area contributed by atoms with Crippen LogP contribution in [0.25, 0.3) is 0 Å². The van der Waals surface area contributed by atoms with E-state index in [0.717, 1.165) is 38.9 Å². The van der Waals surface area contributed by atoms with Gasteiger partial charge in [0.05, 0.1) is 5.75 Å². The number of nitrogens with one attached hydrogen (secondary N) is 1. The zero-order chi connectivity index (χ0) is 18.1. The number of sulfonamides is 1. The lowest BCUT2D eigenvalue weighted by Crippen LogP contribution is -2.49. The number of carbonyl (C=O) groups is 1. The number of unbranched alkanes of at least 4 members (excludes halogenated alkanes) is 1. The average Bonchev–Trinajstić information content (AvgIpc) is 2.64. The van der Waals surface area contributed by atoms with Crippen LogP contribution >= 0.6 is 0 Å². The minimum atomic E-state index is -3.09. The molecule has 0 aliphatic carbocycles. The van der Waals surface area contributed by atoms with Crippen LogP contribution in [0, 0.1) is 0 Å². The summed E-state index contributed by atoms with van der Waals surface area (Å²) in [7, 11) is -3.09. The van der Waals surface area contributed by atoms with Crippen LogP contribution in [0.4, 0.5) is 0 Å². The van der Waals surface area contributed by atoms with Gasteiger partial charge in [0, 0.05) is 38.3 Å². The molecule has 1 saturated heterocycles. The summed E-state index contributed by atoms with van der Waals surface area (Å²) in [6, 6.07) is 9.19. The van der Waals surface area contributed by atoms with E-state index >= 15 is 0 Å². The zero-order valence-electron chi connectivity index (χ0n) is 15.0. The van der Waals surface area contributed by atoms with E-state index in [0.29, 0.717) is 25.2 Å². The number of rotatable bonds is 9. The van der Waals surface area contributed by atoms with Crippen molar-refractivity contribution in [2.24, 2.45) is 0 Å². The summed E-state index contributed by atoms with van der Waals surface area (Å²) in [4.78, 5) is 14.2. The molecule has 140 valence electrons. The molecule has 0 aromatic heterocycles. The summed E-state index contributed by atoms with van der Waals surface area (Å²) in [5.74, 6) is 0.210. The van der Waals surface area contributed by atoms with E-state index < -0.39 is 10.0 Å². The lowest BCUT2D eigenvalue weighted by molar-refractivity contribution is 0.0950. The van der Waals surface area contributed by atoms with Crippen molar-refractivity contribution in [2.75, 3.05) is 45.0 Å². The molecule has 1 aliphatic rings. The molecular formula is C18H29N3O3S. The highest BCUT2D eigenvalue weighted by Crippen LogP contribution is 2.10. The van der Waals surface area contributed by atoms with Gasteiger partial charge in [0.15, 0.2) is 0 Å². The van der Waals surface area contributed by atoms with E-state index in [2.05, 4.69) is 10.2 Å². The molecule has 0 saturated carbocycles. The van der Waals surface area contributed by atoms with Crippen molar-refractivity contribution < 1.29 is 13.2 Å². The van der Waals surface area contributed by atoms with E-state index in [1.54, 1.807) is 16.4 Å². The number of benzene rings is 1. The average molecular weight is 368 g/mol. The van der Waals surface area contributed by atoms with Gasteiger partial charge in [0.2, 0.25) is 10.0 Å². The molecule has 1 heterocycles. The molecule has 0 atom stereocenters. The molecule has 2 rings (SSSR count). The third-order valence-corrected chi connectivity index (χ3v) is 6.41. The minimum absolute atomic E-state index is 0.0487. The van der Waals surface area contributed by atoms with E-state index in [-0.39, 0.29) is 11.7 Å². The first-order valence-corrected chi connectivity index (χ1v) is 10.7. The number of carbonyl (C=O) groups excluding carboxylic acids is 1. The van der Waals surface area contributed by atoms with Crippen molar-refractivity contribution in [3.63, 3.8) is 0 Å². The van der Waals surface area contributed by atoms with Gasteiger partial charge in [-0.2, -0.15) is 4.31 Å². The molecule has 0 spiro atoms. The fraction of sp³-hybridized carbons (Fsp3) is 0.611. The maximum atomic E-state index is 12.2. The Balaban J connectivity index is 1.63. The zero-order valence-corrected chi connectivity index (χ0v) is 15.8. The van der Waals surface area contributed by atoms with Crippen molar-refractivity contribution in [3.8, 4) is 0 Å². The van der Waals surface area contributed by atoms with Crippen LogP contribution in [0.3, 0.4) is 0 Å². The van der Waals surface area contributed by atoms with Crippen molar-refractivity contribution >= 4 is 15.9 Å². The van der Waals surface area contributed by atoms with Crippen LogP contribution in [0.1, 0.15) is 36.5 Å². The molecule has 0 bridgehead atoms. The Morgan fingerprint density at radius 1 is 1.08 bits per heavy atom. The van der Waals surface area contributed by atoms with Crippen LogP contribution in [0.5, 0.6) is 0 Å². The van der Waals surface area contributed by atoms with E-state index in [9.17, 15) is 13.2 Å². The quantitative estimate of drug-likeness (QED) is 0.673. The Labute approximate surface area is 151 Å². The van der Waals surface area contributed by atoms with E-state index in [1.165, 1.54) is 0 Å². The summed E-state index contributed by atoms with van der Waals surface area (Å²) in [6.45, 7) is 6.17. The number of nitrogens with zero attached hydrogens (tertiary/aromatic N) is 2. The number of hydrogen-bond acceptors (Lipinski definition) is 4. The summed E-state index contributed by atoms with van der Waals surface area (Å²) in [5.41, 5.74) is 0.674. The Kier molecular flexibility index (Phi) is 7.87. The van der Waals surface area contributed by atoms with Crippen LogP contribution < -0.4 is 5.32 Å². The van der Waals surface area contributed by atoms with Crippen molar-refractivity contribution in [1.29, 1.82) is 0 Å². The van der Waals surface area contributed by atoms with E-state index in [4.69, 9.17) is 0 Å². The Hall–Kier alpha value is -1.44. The fourth-order valence-electron chi connectivity index (χ4n) is 2.88. The second kappa shape index (κ2) is 9.89. The highest BCUT2D eigenvalue weighted by Gasteiger charge is 2.25. The SMILES string of the molecule is CCCCS(=O)(=O)N1CCN(CCCNC(=O)c2ccccc2)CC1. The van der Waals surface area contributed by atoms with Crippen LogP contribution in [-0.4, -0.2) is 68.6 Å². The van der Waals surface area contributed by atoms with Gasteiger partial charge < -0.3 is 10.2 Å². The molecule has 1 aromatic carbocycles. The Morgan fingerprint density at radius 3 is 2.40 bits per heavy atom. The molecule has 7 heteroatoms. The molecule has 1 amide bonds. The van der Waals surface area contributed by atoms with Crippen LogP contribution in [0.15, 0.2) is 30.3 Å². The van der Waals surface area contributed by atoms with E-state index in [1.807, 2.05) is 25.1 Å². The molecule has 1 aromatic rings. The highest BCUT2D eigenvalue weighted by atomic mass is 32.2. The topological polar surface area (TPSA) is 69.7 Å². The maximum Gasteiger partial charge on any atom is 0.251 e. The first-order chi connectivity index (χ1) is 12.0. The second-order valence-corrected chi connectivity index (χ2v) is 8.47. The largest absolute Gasteiger partial charge is 0.352 e. The Morgan fingerprint density at radius 2 is 1.76 bits per heavy atom. The molecule has 1 aliphatic heterocycles. The van der Waals surface area contributed by atoms with Gasteiger partial charge in [-0.25, -0.2) is 8.42 Å². The molecule has 0 unspecified atom stereocenters. The standard InChI is InChI=1S/C18H29N3O3S/c1-2-3-16-25(23,24)21-14-12-20(13-15-21)11-7-10-19-18(22)17-8-5-4-6-9-17/h4-6,8-9H,2-3,7,10-16H2,1H3,(H,19,22). The minimum Gasteiger partial charge on any atom is -0.352 e. The number of piperazine rings is 1. The predicted octanol–water partition coefficient (Wildman–Crippen LogP) is 1.55. The summed E-state index contributed by atoms with van der Waals surface area (Å²) >= 11 is 0. The van der Waals surface area contributed by atoms with Gasteiger partial charge in [0.1, 0.15) is 0 Å². The van der Waals surface area contributed by atoms with Gasteiger partial charge in [-0.15, -0.1) is 0 Å². The highest BCUT2D eigenvalue weighted by molar-refractivity contribution is 7.89. The molecular weight excluding hydrogens is 338 g/mol. The first-order valence-electron chi connectivity index (χ1n) is 9.06. The van der Waals surface area contributed by atoms with Crippen LogP contribution in [-0.2, 0) is 10.0 Å². The molecule has 25 heavy (non-hydrogen) atoms. The lowest BCUT2D eigenvalue weighted by Gasteiger charge is -2.34. The normalized spacial score (nSPS) is 16.7. The monoisotopic (exact) mass is 367 g/mol. The molecule has 0 radical (unpaired) electrons. The molecule has 6 nitrogen and oxygen atoms in total. The lowest BCUT2D eigenvalue weighted by atomic mass is 10.2. The molecule has 1 fully saturated rings. The second-order valence-electron chi connectivity index (χ2n) is 6.39. The van der Waals surface area contributed by atoms with Crippen LogP contribution in [0.2, 0.25) is 0 Å².